The molecule has 0 heterocycles. The lowest BCUT2D eigenvalue weighted by Crippen LogP contribution is -2.26. The second-order valence-electron chi connectivity index (χ2n) is 6.97. The SMILES string of the molecule is Cc1ccccc1C(NCCC(C)(C)C)c1ccccc1. The lowest BCUT2D eigenvalue weighted by molar-refractivity contribution is 0.360. The summed E-state index contributed by atoms with van der Waals surface area (Å²) >= 11 is 0. The number of nitrogens with one attached hydrogen (secondary N) is 1. The molecule has 1 heteroatoms. The first-order chi connectivity index (χ1) is 9.97. The van der Waals surface area contributed by atoms with Gasteiger partial charge >= 0.3 is 0 Å². The lowest BCUT2D eigenvalue weighted by Gasteiger charge is -2.24. The van der Waals surface area contributed by atoms with Crippen molar-refractivity contribution in [3.05, 3.63) is 71.3 Å². The summed E-state index contributed by atoms with van der Waals surface area (Å²) in [6.45, 7) is 10.1. The first-order valence-electron chi connectivity index (χ1n) is 7.81. The lowest BCUT2D eigenvalue weighted by atomic mass is 9.91. The quantitative estimate of drug-likeness (QED) is 0.803. The van der Waals surface area contributed by atoms with Gasteiger partial charge in [-0.3, -0.25) is 0 Å². The summed E-state index contributed by atoms with van der Waals surface area (Å²) in [5.41, 5.74) is 4.41. The topological polar surface area (TPSA) is 12.0 Å². The van der Waals surface area contributed by atoms with Crippen LogP contribution in [-0.2, 0) is 0 Å². The highest BCUT2D eigenvalue weighted by Gasteiger charge is 2.16. The maximum Gasteiger partial charge on any atom is 0.0579 e. The van der Waals surface area contributed by atoms with Crippen LogP contribution < -0.4 is 5.32 Å². The fourth-order valence-electron chi connectivity index (χ4n) is 2.56. The van der Waals surface area contributed by atoms with E-state index < -0.39 is 0 Å². The molecular formula is C20H27N. The third-order valence-electron chi connectivity index (χ3n) is 3.86. The Morgan fingerprint density at radius 2 is 1.52 bits per heavy atom. The van der Waals surface area contributed by atoms with Crippen molar-refractivity contribution in [2.45, 2.75) is 40.2 Å². The molecule has 2 rings (SSSR count). The molecule has 0 radical (unpaired) electrons. The number of aryl methyl sites for hydroxylation is 1. The van der Waals surface area contributed by atoms with E-state index in [2.05, 4.69) is 87.6 Å². The van der Waals surface area contributed by atoms with Crippen LogP contribution in [0.15, 0.2) is 54.6 Å². The van der Waals surface area contributed by atoms with Crippen molar-refractivity contribution in [3.8, 4) is 0 Å². The standard InChI is InChI=1S/C20H27N/c1-16-10-8-9-13-18(16)19(17-11-6-5-7-12-17)21-15-14-20(2,3)4/h5-13,19,21H,14-15H2,1-4H3. The highest BCUT2D eigenvalue weighted by atomic mass is 14.9. The van der Waals surface area contributed by atoms with Gasteiger partial charge in [0.15, 0.2) is 0 Å². The summed E-state index contributed by atoms with van der Waals surface area (Å²) in [5, 5.41) is 3.75. The Balaban J connectivity index is 2.22. The Morgan fingerprint density at radius 3 is 2.14 bits per heavy atom. The van der Waals surface area contributed by atoms with Crippen LogP contribution in [-0.4, -0.2) is 6.54 Å². The van der Waals surface area contributed by atoms with E-state index in [9.17, 15) is 0 Å². The Morgan fingerprint density at radius 1 is 0.905 bits per heavy atom. The molecule has 21 heavy (non-hydrogen) atoms. The zero-order valence-corrected chi connectivity index (χ0v) is 13.7. The molecule has 2 aromatic rings. The van der Waals surface area contributed by atoms with Crippen molar-refractivity contribution < 1.29 is 0 Å². The van der Waals surface area contributed by atoms with Crippen LogP contribution in [0.4, 0.5) is 0 Å². The summed E-state index contributed by atoms with van der Waals surface area (Å²) in [4.78, 5) is 0. The van der Waals surface area contributed by atoms with E-state index in [-0.39, 0.29) is 6.04 Å². The van der Waals surface area contributed by atoms with Crippen molar-refractivity contribution in [2.24, 2.45) is 5.41 Å². The minimum absolute atomic E-state index is 0.273. The maximum absolute atomic E-state index is 3.75. The molecule has 0 aliphatic rings. The van der Waals surface area contributed by atoms with Gasteiger partial charge in [-0.15, -0.1) is 0 Å². The molecule has 1 unspecified atom stereocenters. The zero-order valence-electron chi connectivity index (χ0n) is 13.7. The predicted octanol–water partition coefficient (Wildman–Crippen LogP) is 5.11. The van der Waals surface area contributed by atoms with Crippen molar-refractivity contribution in [3.63, 3.8) is 0 Å². The molecular weight excluding hydrogens is 254 g/mol. The van der Waals surface area contributed by atoms with Gasteiger partial charge in [-0.25, -0.2) is 0 Å². The largest absolute Gasteiger partial charge is 0.306 e. The second kappa shape index (κ2) is 6.91. The minimum atomic E-state index is 0.273. The Kier molecular flexibility index (Phi) is 5.19. The van der Waals surface area contributed by atoms with Gasteiger partial charge in [0.05, 0.1) is 6.04 Å². The highest BCUT2D eigenvalue weighted by Crippen LogP contribution is 2.25. The Hall–Kier alpha value is -1.60. The van der Waals surface area contributed by atoms with Gasteiger partial charge in [-0.05, 0) is 42.0 Å². The molecule has 0 aromatic heterocycles. The number of hydrogen-bond acceptors (Lipinski definition) is 1. The van der Waals surface area contributed by atoms with Gasteiger partial charge < -0.3 is 5.32 Å². The van der Waals surface area contributed by atoms with E-state index in [4.69, 9.17) is 0 Å². The van der Waals surface area contributed by atoms with Gasteiger partial charge in [0.2, 0.25) is 0 Å². The smallest absolute Gasteiger partial charge is 0.0579 e. The molecule has 0 aliphatic heterocycles. The van der Waals surface area contributed by atoms with E-state index in [0.717, 1.165) is 6.54 Å². The highest BCUT2D eigenvalue weighted by molar-refractivity contribution is 5.36. The number of rotatable bonds is 5. The second-order valence-corrected chi connectivity index (χ2v) is 6.97. The van der Waals surface area contributed by atoms with E-state index >= 15 is 0 Å². The predicted molar refractivity (Wildman–Crippen MR) is 91.5 cm³/mol. The molecule has 0 saturated carbocycles. The van der Waals surface area contributed by atoms with Gasteiger partial charge in [-0.2, -0.15) is 0 Å². The van der Waals surface area contributed by atoms with E-state index in [1.807, 2.05) is 0 Å². The molecule has 0 saturated heterocycles. The summed E-state index contributed by atoms with van der Waals surface area (Å²) in [6.07, 6.45) is 1.17. The van der Waals surface area contributed by atoms with Crippen LogP contribution in [0.5, 0.6) is 0 Å². The summed E-state index contributed by atoms with van der Waals surface area (Å²) in [6, 6.07) is 19.7. The fraction of sp³-hybridized carbons (Fsp3) is 0.400. The molecule has 0 amide bonds. The molecule has 0 spiro atoms. The molecule has 0 aliphatic carbocycles. The van der Waals surface area contributed by atoms with E-state index in [1.54, 1.807) is 0 Å². The third-order valence-corrected chi connectivity index (χ3v) is 3.86. The fourth-order valence-corrected chi connectivity index (χ4v) is 2.56. The molecule has 112 valence electrons. The molecule has 1 N–H and O–H groups in total. The van der Waals surface area contributed by atoms with E-state index in [1.165, 1.54) is 23.1 Å². The normalized spacial score (nSPS) is 13.1. The monoisotopic (exact) mass is 281 g/mol. The minimum Gasteiger partial charge on any atom is -0.306 e. The van der Waals surface area contributed by atoms with Crippen LogP contribution in [0.1, 0.15) is 49.9 Å². The van der Waals surface area contributed by atoms with Crippen LogP contribution in [0.3, 0.4) is 0 Å². The van der Waals surface area contributed by atoms with Gasteiger partial charge in [0.25, 0.3) is 0 Å². The summed E-state index contributed by atoms with van der Waals surface area (Å²) in [7, 11) is 0. The van der Waals surface area contributed by atoms with Crippen LogP contribution in [0.25, 0.3) is 0 Å². The van der Waals surface area contributed by atoms with E-state index in [0.29, 0.717) is 5.41 Å². The number of hydrogen-bond donors (Lipinski definition) is 1. The van der Waals surface area contributed by atoms with Crippen molar-refractivity contribution in [2.75, 3.05) is 6.54 Å². The molecule has 0 bridgehead atoms. The van der Waals surface area contributed by atoms with Crippen molar-refractivity contribution >= 4 is 0 Å². The van der Waals surface area contributed by atoms with Crippen LogP contribution in [0, 0.1) is 12.3 Å². The van der Waals surface area contributed by atoms with Crippen molar-refractivity contribution in [1.82, 2.24) is 5.32 Å². The average molecular weight is 281 g/mol. The first kappa shape index (κ1) is 15.8. The number of benzene rings is 2. The summed E-state index contributed by atoms with van der Waals surface area (Å²) < 4.78 is 0. The molecule has 0 fully saturated rings. The van der Waals surface area contributed by atoms with Gasteiger partial charge in [0, 0.05) is 0 Å². The maximum atomic E-state index is 3.75. The summed E-state index contributed by atoms with van der Waals surface area (Å²) in [5.74, 6) is 0. The zero-order chi connectivity index (χ0) is 15.3. The molecule has 1 atom stereocenters. The van der Waals surface area contributed by atoms with Crippen LogP contribution >= 0.6 is 0 Å². The van der Waals surface area contributed by atoms with Gasteiger partial charge in [0.1, 0.15) is 0 Å². The first-order valence-corrected chi connectivity index (χ1v) is 7.81. The average Bonchev–Trinajstić information content (AvgIpc) is 2.45. The van der Waals surface area contributed by atoms with Gasteiger partial charge in [-0.1, -0.05) is 75.4 Å². The Bertz CT molecular complexity index is 552. The van der Waals surface area contributed by atoms with Crippen LogP contribution in [0.2, 0.25) is 0 Å². The molecule has 1 nitrogen and oxygen atoms in total. The Labute approximate surface area is 129 Å². The molecule has 2 aromatic carbocycles. The van der Waals surface area contributed by atoms with Crippen molar-refractivity contribution in [1.29, 1.82) is 0 Å². The third kappa shape index (κ3) is 4.71.